The van der Waals surface area contributed by atoms with Crippen LogP contribution in [0.2, 0.25) is 0 Å². The van der Waals surface area contributed by atoms with Crippen LogP contribution in [0.25, 0.3) is 22.3 Å². The van der Waals surface area contributed by atoms with Gasteiger partial charge in [0.05, 0.1) is 19.8 Å². The number of aromatic amines is 1. The van der Waals surface area contributed by atoms with Gasteiger partial charge in [-0.15, -0.1) is 0 Å². The molecule has 1 N–H and O–H groups in total. The smallest absolute Gasteiger partial charge is 0.266 e. The molecule has 158 valence electrons. The molecule has 1 aromatic carbocycles. The van der Waals surface area contributed by atoms with Crippen molar-refractivity contribution in [3.8, 4) is 17.0 Å². The van der Waals surface area contributed by atoms with Crippen molar-refractivity contribution in [3.63, 3.8) is 0 Å². The predicted molar refractivity (Wildman–Crippen MR) is 115 cm³/mol. The molecular weight excluding hydrogens is 382 g/mol. The first-order valence-corrected chi connectivity index (χ1v) is 10.5. The van der Waals surface area contributed by atoms with Crippen molar-refractivity contribution in [3.05, 3.63) is 34.6 Å². The van der Waals surface area contributed by atoms with Crippen molar-refractivity contribution < 1.29 is 9.47 Å². The first kappa shape index (κ1) is 19.1. The zero-order chi connectivity index (χ0) is 20.9. The Kier molecular flexibility index (Phi) is 4.54. The SMILES string of the molecule is COc1ccc(-c2n[nH]c3nc(N4CCC5(CC4)CO[C@@H](C)C5)n(C)c(=O)c23)cc1. The third kappa shape index (κ3) is 3.06. The van der Waals surface area contributed by atoms with E-state index in [1.807, 2.05) is 24.3 Å². The lowest BCUT2D eigenvalue weighted by molar-refractivity contribution is 0.0974. The fourth-order valence-corrected chi connectivity index (χ4v) is 4.87. The zero-order valence-electron chi connectivity index (χ0n) is 17.6. The van der Waals surface area contributed by atoms with Crippen molar-refractivity contribution in [1.82, 2.24) is 19.7 Å². The van der Waals surface area contributed by atoms with Gasteiger partial charge in [0.1, 0.15) is 16.8 Å². The number of benzene rings is 1. The number of nitrogens with one attached hydrogen (secondary N) is 1. The summed E-state index contributed by atoms with van der Waals surface area (Å²) < 4.78 is 12.7. The Labute approximate surface area is 174 Å². The molecule has 1 spiro atoms. The summed E-state index contributed by atoms with van der Waals surface area (Å²) in [7, 11) is 3.42. The lowest BCUT2D eigenvalue weighted by atomic mass is 9.77. The van der Waals surface area contributed by atoms with E-state index in [4.69, 9.17) is 14.5 Å². The molecule has 2 aliphatic rings. The predicted octanol–water partition coefficient (Wildman–Crippen LogP) is 2.73. The van der Waals surface area contributed by atoms with Gasteiger partial charge in [-0.2, -0.15) is 10.1 Å². The van der Waals surface area contributed by atoms with Crippen LogP contribution in [0.5, 0.6) is 5.75 Å². The molecule has 5 rings (SSSR count). The van der Waals surface area contributed by atoms with Crippen molar-refractivity contribution in [2.45, 2.75) is 32.3 Å². The maximum Gasteiger partial charge on any atom is 0.266 e. The largest absolute Gasteiger partial charge is 0.497 e. The zero-order valence-corrected chi connectivity index (χ0v) is 17.6. The second-order valence-electron chi connectivity index (χ2n) is 8.61. The number of methoxy groups -OCH3 is 1. The number of H-pyrrole nitrogens is 1. The molecule has 8 heteroatoms. The highest BCUT2D eigenvalue weighted by Crippen LogP contribution is 2.42. The van der Waals surface area contributed by atoms with Gasteiger partial charge in [0.25, 0.3) is 5.56 Å². The number of piperidine rings is 1. The molecule has 30 heavy (non-hydrogen) atoms. The van der Waals surface area contributed by atoms with E-state index >= 15 is 0 Å². The number of anilines is 1. The lowest BCUT2D eigenvalue weighted by Crippen LogP contribution is -2.43. The first-order chi connectivity index (χ1) is 14.5. The average Bonchev–Trinajstić information content (AvgIpc) is 3.35. The van der Waals surface area contributed by atoms with Gasteiger partial charge in [0.2, 0.25) is 5.95 Å². The Morgan fingerprint density at radius 2 is 1.97 bits per heavy atom. The Hall–Kier alpha value is -2.87. The molecule has 2 aliphatic heterocycles. The normalized spacial score (nSPS) is 20.9. The molecular formula is C22H27N5O3. The molecule has 2 fully saturated rings. The van der Waals surface area contributed by atoms with E-state index in [9.17, 15) is 4.79 Å². The van der Waals surface area contributed by atoms with Gasteiger partial charge < -0.3 is 14.4 Å². The van der Waals surface area contributed by atoms with Crippen LogP contribution in [0.1, 0.15) is 26.2 Å². The number of nitrogens with zero attached hydrogens (tertiary/aromatic N) is 4. The second kappa shape index (κ2) is 7.12. The number of ether oxygens (including phenoxy) is 2. The highest BCUT2D eigenvalue weighted by Gasteiger charge is 2.41. The molecule has 4 heterocycles. The van der Waals surface area contributed by atoms with E-state index in [2.05, 4.69) is 22.0 Å². The third-order valence-electron chi connectivity index (χ3n) is 6.64. The van der Waals surface area contributed by atoms with Crippen LogP contribution >= 0.6 is 0 Å². The van der Waals surface area contributed by atoms with Crippen LogP contribution in [-0.4, -0.2) is 52.7 Å². The molecule has 3 aromatic rings. The Morgan fingerprint density at radius 3 is 2.60 bits per heavy atom. The van der Waals surface area contributed by atoms with Crippen LogP contribution in [-0.2, 0) is 11.8 Å². The molecule has 0 amide bonds. The highest BCUT2D eigenvalue weighted by atomic mass is 16.5. The summed E-state index contributed by atoms with van der Waals surface area (Å²) in [6.07, 6.45) is 3.59. The number of hydrogen-bond donors (Lipinski definition) is 1. The summed E-state index contributed by atoms with van der Waals surface area (Å²) in [5.41, 5.74) is 2.18. The summed E-state index contributed by atoms with van der Waals surface area (Å²) in [5, 5.41) is 7.88. The van der Waals surface area contributed by atoms with Crippen molar-refractivity contribution >= 4 is 17.0 Å². The van der Waals surface area contributed by atoms with E-state index < -0.39 is 0 Å². The third-order valence-corrected chi connectivity index (χ3v) is 6.64. The van der Waals surface area contributed by atoms with Crippen molar-refractivity contribution in [1.29, 1.82) is 0 Å². The molecule has 8 nitrogen and oxygen atoms in total. The number of fused-ring (bicyclic) bond motifs is 1. The van der Waals surface area contributed by atoms with Crippen LogP contribution < -0.4 is 15.2 Å². The van der Waals surface area contributed by atoms with Gasteiger partial charge in [-0.05, 0) is 55.9 Å². The molecule has 1 atom stereocenters. The highest BCUT2D eigenvalue weighted by molar-refractivity contribution is 5.90. The quantitative estimate of drug-likeness (QED) is 0.716. The standard InChI is InChI=1S/C22H27N5O3/c1-14-12-22(13-30-14)8-10-27(11-9-22)21-23-19-17(20(28)26(21)2)18(24-25-19)15-4-6-16(29-3)7-5-15/h4-7,14H,8-13H2,1-3H3,(H,24,25)/t14-/m0/s1. The van der Waals surface area contributed by atoms with E-state index in [1.165, 1.54) is 0 Å². The first-order valence-electron chi connectivity index (χ1n) is 10.5. The van der Waals surface area contributed by atoms with Crippen LogP contribution in [0.15, 0.2) is 29.1 Å². The molecule has 2 saturated heterocycles. The minimum Gasteiger partial charge on any atom is -0.497 e. The van der Waals surface area contributed by atoms with Gasteiger partial charge in [0.15, 0.2) is 5.65 Å². The summed E-state index contributed by atoms with van der Waals surface area (Å²) in [6.45, 7) is 4.75. The molecule has 0 radical (unpaired) electrons. The second-order valence-corrected chi connectivity index (χ2v) is 8.61. The van der Waals surface area contributed by atoms with Gasteiger partial charge in [0, 0.05) is 25.7 Å². The lowest BCUT2D eigenvalue weighted by Gasteiger charge is -2.39. The molecule has 2 aromatic heterocycles. The monoisotopic (exact) mass is 409 g/mol. The fraction of sp³-hybridized carbons (Fsp3) is 0.500. The summed E-state index contributed by atoms with van der Waals surface area (Å²) in [5.74, 6) is 1.45. The van der Waals surface area contributed by atoms with E-state index in [1.54, 1.807) is 18.7 Å². The van der Waals surface area contributed by atoms with E-state index in [0.717, 1.165) is 50.3 Å². The minimum atomic E-state index is -0.0901. The van der Waals surface area contributed by atoms with Gasteiger partial charge in [-0.3, -0.25) is 14.5 Å². The summed E-state index contributed by atoms with van der Waals surface area (Å²) in [4.78, 5) is 20.2. The number of hydrogen-bond acceptors (Lipinski definition) is 6. The van der Waals surface area contributed by atoms with Crippen LogP contribution in [0, 0.1) is 5.41 Å². The van der Waals surface area contributed by atoms with Crippen LogP contribution in [0.4, 0.5) is 5.95 Å². The van der Waals surface area contributed by atoms with Crippen LogP contribution in [0.3, 0.4) is 0 Å². The fourth-order valence-electron chi connectivity index (χ4n) is 4.87. The van der Waals surface area contributed by atoms with Crippen molar-refractivity contribution in [2.75, 3.05) is 31.7 Å². The molecule has 0 aliphatic carbocycles. The van der Waals surface area contributed by atoms with Gasteiger partial charge in [-0.25, -0.2) is 0 Å². The Morgan fingerprint density at radius 1 is 1.23 bits per heavy atom. The molecule has 0 bridgehead atoms. The number of rotatable bonds is 3. The van der Waals surface area contributed by atoms with E-state index in [0.29, 0.717) is 28.8 Å². The maximum absolute atomic E-state index is 13.3. The van der Waals surface area contributed by atoms with Gasteiger partial charge in [-0.1, -0.05) is 0 Å². The summed E-state index contributed by atoms with van der Waals surface area (Å²) >= 11 is 0. The maximum atomic E-state index is 13.3. The molecule has 0 saturated carbocycles. The van der Waals surface area contributed by atoms with Crippen molar-refractivity contribution in [2.24, 2.45) is 12.5 Å². The number of aromatic nitrogens is 4. The Bertz CT molecular complexity index is 1130. The van der Waals surface area contributed by atoms with Gasteiger partial charge >= 0.3 is 0 Å². The summed E-state index contributed by atoms with van der Waals surface area (Å²) in [6, 6.07) is 7.52. The average molecular weight is 409 g/mol. The topological polar surface area (TPSA) is 85.3 Å². The van der Waals surface area contributed by atoms with E-state index in [-0.39, 0.29) is 11.0 Å². The molecule has 0 unspecified atom stereocenters. The minimum absolute atomic E-state index is 0.0901. The Balaban J connectivity index is 1.47.